The predicted molar refractivity (Wildman–Crippen MR) is 79.4 cm³/mol. The second-order valence-electron chi connectivity index (χ2n) is 4.93. The van der Waals surface area contributed by atoms with E-state index in [-0.39, 0.29) is 30.3 Å². The molecule has 2 N–H and O–H groups in total. The normalized spacial score (nSPS) is 23.1. The molecule has 0 radical (unpaired) electrons. The van der Waals surface area contributed by atoms with Crippen LogP contribution in [0.25, 0.3) is 0 Å². The topological polar surface area (TPSA) is 49.3 Å². The molecule has 1 fully saturated rings. The van der Waals surface area contributed by atoms with Crippen molar-refractivity contribution in [3.05, 3.63) is 33.1 Å². The molecule has 1 aliphatic rings. The zero-order chi connectivity index (χ0) is 13.8. The van der Waals surface area contributed by atoms with E-state index in [0.29, 0.717) is 9.13 Å². The second-order valence-corrected chi connectivity index (χ2v) is 6.09. The number of hydrogen-bond donors (Lipinski definition) is 2. The van der Waals surface area contributed by atoms with E-state index in [1.165, 1.54) is 18.2 Å². The first-order valence-corrected chi connectivity index (χ1v) is 7.56. The lowest BCUT2D eigenvalue weighted by atomic mass is 9.85. The van der Waals surface area contributed by atoms with Crippen LogP contribution in [0.3, 0.4) is 0 Å². The van der Waals surface area contributed by atoms with Gasteiger partial charge in [0, 0.05) is 22.1 Å². The number of rotatable bonds is 3. The van der Waals surface area contributed by atoms with Gasteiger partial charge in [-0.05, 0) is 53.6 Å². The molecule has 5 heteroatoms. The smallest absolute Gasteiger partial charge is 0.252 e. The molecule has 19 heavy (non-hydrogen) atoms. The van der Waals surface area contributed by atoms with Crippen molar-refractivity contribution in [2.45, 2.75) is 31.7 Å². The molecule has 3 nitrogen and oxygen atoms in total. The van der Waals surface area contributed by atoms with E-state index in [0.717, 1.165) is 25.7 Å². The van der Waals surface area contributed by atoms with Crippen molar-refractivity contribution in [3.63, 3.8) is 0 Å². The molecule has 0 aromatic heterocycles. The average molecular weight is 377 g/mol. The third-order valence-corrected chi connectivity index (χ3v) is 4.53. The molecule has 0 saturated heterocycles. The van der Waals surface area contributed by atoms with Gasteiger partial charge in [-0.15, -0.1) is 0 Å². The highest BCUT2D eigenvalue weighted by Gasteiger charge is 2.26. The van der Waals surface area contributed by atoms with Crippen LogP contribution in [0.15, 0.2) is 18.2 Å². The molecule has 2 atom stereocenters. The number of aliphatic hydroxyl groups is 1. The monoisotopic (exact) mass is 377 g/mol. The van der Waals surface area contributed by atoms with Gasteiger partial charge in [0.2, 0.25) is 0 Å². The van der Waals surface area contributed by atoms with Gasteiger partial charge in [0.05, 0.1) is 5.56 Å². The third kappa shape index (κ3) is 3.66. The Morgan fingerprint density at radius 3 is 2.84 bits per heavy atom. The number of halogens is 2. The lowest BCUT2D eigenvalue weighted by Gasteiger charge is -2.31. The first-order chi connectivity index (χ1) is 9.11. The van der Waals surface area contributed by atoms with Gasteiger partial charge >= 0.3 is 0 Å². The van der Waals surface area contributed by atoms with E-state index in [1.54, 1.807) is 0 Å². The van der Waals surface area contributed by atoms with Gasteiger partial charge in [0.25, 0.3) is 5.91 Å². The summed E-state index contributed by atoms with van der Waals surface area (Å²) >= 11 is 1.96. The first kappa shape index (κ1) is 14.7. The summed E-state index contributed by atoms with van der Waals surface area (Å²) in [6.07, 6.45) is 4.02. The minimum Gasteiger partial charge on any atom is -0.396 e. The van der Waals surface area contributed by atoms with Crippen molar-refractivity contribution in [1.82, 2.24) is 5.32 Å². The summed E-state index contributed by atoms with van der Waals surface area (Å²) in [7, 11) is 0. The fourth-order valence-electron chi connectivity index (χ4n) is 2.54. The van der Waals surface area contributed by atoms with Crippen molar-refractivity contribution in [3.8, 4) is 0 Å². The highest BCUT2D eigenvalue weighted by molar-refractivity contribution is 14.1. The number of nitrogens with one attached hydrogen (secondary N) is 1. The molecule has 1 amide bonds. The lowest BCUT2D eigenvalue weighted by Crippen LogP contribution is -2.43. The molecule has 0 bridgehead atoms. The average Bonchev–Trinajstić information content (AvgIpc) is 2.39. The molecular formula is C14H17FINO2. The van der Waals surface area contributed by atoms with Gasteiger partial charge in [-0.1, -0.05) is 12.8 Å². The molecule has 2 rings (SSSR count). The van der Waals surface area contributed by atoms with E-state index < -0.39 is 0 Å². The standard InChI is InChI=1S/C14H17FINO2/c15-10-5-6-11(12(16)7-10)14(19)17-13-4-2-1-3-9(13)8-18/h5-7,9,13,18H,1-4,8H2,(H,17,19). The van der Waals surface area contributed by atoms with E-state index in [2.05, 4.69) is 5.32 Å². The SMILES string of the molecule is O=C(NC1CCCCC1CO)c1ccc(F)cc1I. The summed E-state index contributed by atoms with van der Waals surface area (Å²) in [5.74, 6) is -0.391. The highest BCUT2D eigenvalue weighted by atomic mass is 127. The van der Waals surface area contributed by atoms with E-state index in [4.69, 9.17) is 0 Å². The molecule has 1 saturated carbocycles. The Kier molecular flexibility index (Phi) is 5.15. The number of amides is 1. The van der Waals surface area contributed by atoms with Gasteiger partial charge in [-0.25, -0.2) is 4.39 Å². The van der Waals surface area contributed by atoms with Crippen LogP contribution < -0.4 is 5.32 Å². The van der Waals surface area contributed by atoms with Gasteiger partial charge in [0.15, 0.2) is 0 Å². The van der Waals surface area contributed by atoms with E-state index in [9.17, 15) is 14.3 Å². The predicted octanol–water partition coefficient (Wildman–Crippen LogP) is 2.71. The lowest BCUT2D eigenvalue weighted by molar-refractivity contribution is 0.0871. The van der Waals surface area contributed by atoms with Gasteiger partial charge in [-0.2, -0.15) is 0 Å². The molecule has 0 aliphatic heterocycles. The summed E-state index contributed by atoms with van der Waals surface area (Å²) in [6.45, 7) is 0.103. The molecule has 1 aromatic carbocycles. The van der Waals surface area contributed by atoms with E-state index >= 15 is 0 Å². The summed E-state index contributed by atoms with van der Waals surface area (Å²) < 4.78 is 13.6. The first-order valence-electron chi connectivity index (χ1n) is 6.48. The zero-order valence-corrected chi connectivity index (χ0v) is 12.7. The minimum atomic E-state index is -0.341. The fourth-order valence-corrected chi connectivity index (χ4v) is 3.26. The quantitative estimate of drug-likeness (QED) is 0.796. The van der Waals surface area contributed by atoms with Crippen LogP contribution >= 0.6 is 22.6 Å². The maximum Gasteiger partial charge on any atom is 0.252 e. The van der Waals surface area contributed by atoms with Gasteiger partial charge in [0.1, 0.15) is 5.82 Å². The molecule has 0 spiro atoms. The Balaban J connectivity index is 2.07. The van der Waals surface area contributed by atoms with Crippen molar-refractivity contribution < 1.29 is 14.3 Å². The second kappa shape index (κ2) is 6.65. The molecule has 1 aromatic rings. The number of hydrogen-bond acceptors (Lipinski definition) is 2. The van der Waals surface area contributed by atoms with Gasteiger partial charge in [-0.3, -0.25) is 4.79 Å². The van der Waals surface area contributed by atoms with Crippen LogP contribution in [0.5, 0.6) is 0 Å². The van der Waals surface area contributed by atoms with Crippen LogP contribution in [-0.4, -0.2) is 23.7 Å². The number of carbonyl (C=O) groups is 1. The Hall–Kier alpha value is -0.690. The summed E-state index contributed by atoms with van der Waals surface area (Å²) in [5, 5.41) is 12.3. The number of aliphatic hydroxyl groups excluding tert-OH is 1. The maximum atomic E-state index is 13.0. The molecule has 1 aliphatic carbocycles. The summed E-state index contributed by atoms with van der Waals surface area (Å²) in [5.41, 5.74) is 0.490. The Labute approximate surface area is 125 Å². The number of benzene rings is 1. The van der Waals surface area contributed by atoms with Crippen LogP contribution in [0.1, 0.15) is 36.0 Å². The van der Waals surface area contributed by atoms with Crippen LogP contribution in [0.4, 0.5) is 4.39 Å². The highest BCUT2D eigenvalue weighted by Crippen LogP contribution is 2.24. The van der Waals surface area contributed by atoms with E-state index in [1.807, 2.05) is 22.6 Å². The van der Waals surface area contributed by atoms with Crippen LogP contribution in [0.2, 0.25) is 0 Å². The molecule has 104 valence electrons. The summed E-state index contributed by atoms with van der Waals surface area (Å²) in [6, 6.07) is 4.16. The fraction of sp³-hybridized carbons (Fsp3) is 0.500. The summed E-state index contributed by atoms with van der Waals surface area (Å²) in [4.78, 5) is 12.2. The molecular weight excluding hydrogens is 360 g/mol. The third-order valence-electron chi connectivity index (χ3n) is 3.64. The Bertz CT molecular complexity index is 467. The van der Waals surface area contributed by atoms with Crippen LogP contribution in [0, 0.1) is 15.3 Å². The maximum absolute atomic E-state index is 13.0. The van der Waals surface area contributed by atoms with Crippen molar-refractivity contribution in [1.29, 1.82) is 0 Å². The Morgan fingerprint density at radius 2 is 2.16 bits per heavy atom. The van der Waals surface area contributed by atoms with Crippen molar-refractivity contribution >= 4 is 28.5 Å². The zero-order valence-electron chi connectivity index (χ0n) is 10.5. The Morgan fingerprint density at radius 1 is 1.42 bits per heavy atom. The molecule has 2 unspecified atom stereocenters. The van der Waals surface area contributed by atoms with Gasteiger partial charge < -0.3 is 10.4 Å². The minimum absolute atomic E-state index is 0.0205. The molecule has 0 heterocycles. The number of carbonyl (C=O) groups excluding carboxylic acids is 1. The van der Waals surface area contributed by atoms with Crippen molar-refractivity contribution in [2.75, 3.05) is 6.61 Å². The largest absolute Gasteiger partial charge is 0.396 e. The van der Waals surface area contributed by atoms with Crippen LogP contribution in [-0.2, 0) is 0 Å². The van der Waals surface area contributed by atoms with Crippen molar-refractivity contribution in [2.24, 2.45) is 5.92 Å².